The number of benzene rings is 1. The van der Waals surface area contributed by atoms with Gasteiger partial charge in [0.05, 0.1) is 31.4 Å². The van der Waals surface area contributed by atoms with Crippen LogP contribution in [0.4, 0.5) is 0 Å². The molecule has 0 aliphatic carbocycles. The van der Waals surface area contributed by atoms with Gasteiger partial charge in [0.2, 0.25) is 5.89 Å². The molecular formula is C16H20N2O4S. The van der Waals surface area contributed by atoms with E-state index < -0.39 is 9.84 Å². The first-order valence-corrected chi connectivity index (χ1v) is 9.29. The van der Waals surface area contributed by atoms with Gasteiger partial charge in [-0.1, -0.05) is 0 Å². The first kappa shape index (κ1) is 16.0. The molecule has 1 fully saturated rings. The van der Waals surface area contributed by atoms with Gasteiger partial charge in [-0.2, -0.15) is 0 Å². The highest BCUT2D eigenvalue weighted by Crippen LogP contribution is 2.24. The Balaban J connectivity index is 1.67. The molecule has 1 aliphatic heterocycles. The molecule has 0 radical (unpaired) electrons. The SMILES string of the molecule is COc1ccc(-c2cnc(CN(C)[C@H]3CCS(=O)(=O)C3)o2)cc1. The molecule has 23 heavy (non-hydrogen) atoms. The summed E-state index contributed by atoms with van der Waals surface area (Å²) in [6, 6.07) is 7.60. The van der Waals surface area contributed by atoms with E-state index in [1.54, 1.807) is 13.3 Å². The second-order valence-electron chi connectivity index (χ2n) is 5.82. The van der Waals surface area contributed by atoms with Gasteiger partial charge in [-0.3, -0.25) is 4.90 Å². The van der Waals surface area contributed by atoms with Crippen LogP contribution < -0.4 is 4.74 Å². The van der Waals surface area contributed by atoms with Crippen LogP contribution in [-0.4, -0.2) is 50.0 Å². The Bertz CT molecular complexity index is 768. The zero-order chi connectivity index (χ0) is 16.4. The summed E-state index contributed by atoms with van der Waals surface area (Å²) in [5.74, 6) is 2.55. The average Bonchev–Trinajstić information content (AvgIpc) is 3.14. The maximum atomic E-state index is 11.6. The summed E-state index contributed by atoms with van der Waals surface area (Å²) in [5, 5.41) is 0. The third kappa shape index (κ3) is 3.73. The third-order valence-corrected chi connectivity index (χ3v) is 5.89. The molecule has 0 amide bonds. The van der Waals surface area contributed by atoms with Gasteiger partial charge in [-0.15, -0.1) is 0 Å². The highest BCUT2D eigenvalue weighted by atomic mass is 32.2. The van der Waals surface area contributed by atoms with Crippen molar-refractivity contribution in [1.29, 1.82) is 0 Å². The molecule has 1 saturated heterocycles. The summed E-state index contributed by atoms with van der Waals surface area (Å²) >= 11 is 0. The van der Waals surface area contributed by atoms with Crippen LogP contribution in [0.1, 0.15) is 12.3 Å². The smallest absolute Gasteiger partial charge is 0.209 e. The monoisotopic (exact) mass is 336 g/mol. The normalized spacial score (nSPS) is 20.0. The van der Waals surface area contributed by atoms with E-state index in [0.717, 1.165) is 11.3 Å². The standard InChI is InChI=1S/C16H20N2O4S/c1-18(13-7-8-23(19,20)11-13)10-16-17-9-15(22-16)12-3-5-14(21-2)6-4-12/h3-6,9,13H,7-8,10-11H2,1-2H3/t13-/m0/s1. The summed E-state index contributed by atoms with van der Waals surface area (Å²) in [6.45, 7) is 0.496. The number of sulfone groups is 1. The van der Waals surface area contributed by atoms with Crippen LogP contribution in [0.25, 0.3) is 11.3 Å². The number of ether oxygens (including phenoxy) is 1. The van der Waals surface area contributed by atoms with E-state index in [1.165, 1.54) is 0 Å². The van der Waals surface area contributed by atoms with E-state index in [-0.39, 0.29) is 17.5 Å². The predicted octanol–water partition coefficient (Wildman–Crippen LogP) is 1.97. The largest absolute Gasteiger partial charge is 0.497 e. The lowest BCUT2D eigenvalue weighted by molar-refractivity contribution is 0.230. The molecule has 1 aromatic heterocycles. The first-order valence-electron chi connectivity index (χ1n) is 7.46. The summed E-state index contributed by atoms with van der Waals surface area (Å²) in [7, 11) is 0.649. The fourth-order valence-electron chi connectivity index (χ4n) is 2.74. The van der Waals surface area contributed by atoms with Crippen molar-refractivity contribution in [2.75, 3.05) is 25.7 Å². The lowest BCUT2D eigenvalue weighted by Crippen LogP contribution is -2.32. The summed E-state index contributed by atoms with van der Waals surface area (Å²) in [5.41, 5.74) is 0.927. The highest BCUT2D eigenvalue weighted by Gasteiger charge is 2.31. The quantitative estimate of drug-likeness (QED) is 0.831. The number of nitrogens with zero attached hydrogens (tertiary/aromatic N) is 2. The van der Waals surface area contributed by atoms with Crippen LogP contribution in [-0.2, 0) is 16.4 Å². The number of hydrogen-bond donors (Lipinski definition) is 0. The second-order valence-corrected chi connectivity index (χ2v) is 8.05. The average molecular weight is 336 g/mol. The Morgan fingerprint density at radius 2 is 2.09 bits per heavy atom. The maximum absolute atomic E-state index is 11.6. The Kier molecular flexibility index (Phi) is 4.41. The van der Waals surface area contributed by atoms with Crippen molar-refractivity contribution in [3.63, 3.8) is 0 Å². The number of methoxy groups -OCH3 is 1. The molecule has 2 aromatic rings. The Labute approximate surface area is 136 Å². The fourth-order valence-corrected chi connectivity index (χ4v) is 4.54. The number of aromatic nitrogens is 1. The van der Waals surface area contributed by atoms with Crippen molar-refractivity contribution in [3.8, 4) is 17.1 Å². The van der Waals surface area contributed by atoms with Crippen molar-refractivity contribution in [3.05, 3.63) is 36.4 Å². The van der Waals surface area contributed by atoms with Gasteiger partial charge in [0.25, 0.3) is 0 Å². The fraction of sp³-hybridized carbons (Fsp3) is 0.438. The molecular weight excluding hydrogens is 316 g/mol. The van der Waals surface area contributed by atoms with Crippen molar-refractivity contribution < 1.29 is 17.6 Å². The molecule has 1 aliphatic rings. The molecule has 1 atom stereocenters. The molecule has 6 nitrogen and oxygen atoms in total. The van der Waals surface area contributed by atoms with Crippen molar-refractivity contribution in [1.82, 2.24) is 9.88 Å². The van der Waals surface area contributed by atoms with Crippen LogP contribution in [0, 0.1) is 0 Å². The molecule has 3 rings (SSSR count). The van der Waals surface area contributed by atoms with Crippen molar-refractivity contribution in [2.45, 2.75) is 19.0 Å². The molecule has 1 aromatic carbocycles. The molecule has 124 valence electrons. The van der Waals surface area contributed by atoms with Crippen LogP contribution in [0.5, 0.6) is 5.75 Å². The predicted molar refractivity (Wildman–Crippen MR) is 87.0 cm³/mol. The number of oxazole rings is 1. The van der Waals surface area contributed by atoms with E-state index >= 15 is 0 Å². The zero-order valence-electron chi connectivity index (χ0n) is 13.2. The maximum Gasteiger partial charge on any atom is 0.209 e. The van der Waals surface area contributed by atoms with Gasteiger partial charge in [0, 0.05) is 11.6 Å². The Morgan fingerprint density at radius 1 is 1.35 bits per heavy atom. The zero-order valence-corrected chi connectivity index (χ0v) is 14.0. The van der Waals surface area contributed by atoms with Gasteiger partial charge < -0.3 is 9.15 Å². The summed E-state index contributed by atoms with van der Waals surface area (Å²) < 4.78 is 34.0. The lowest BCUT2D eigenvalue weighted by Gasteiger charge is -2.20. The first-order chi connectivity index (χ1) is 11.0. The minimum atomic E-state index is -2.88. The second kappa shape index (κ2) is 6.33. The van der Waals surface area contributed by atoms with Gasteiger partial charge in [-0.05, 0) is 37.7 Å². The minimum absolute atomic E-state index is 0.0383. The van der Waals surface area contributed by atoms with Crippen molar-refractivity contribution in [2.24, 2.45) is 0 Å². The topological polar surface area (TPSA) is 72.6 Å². The molecule has 0 saturated carbocycles. The van der Waals surface area contributed by atoms with E-state index in [1.807, 2.05) is 36.2 Å². The molecule has 7 heteroatoms. The van der Waals surface area contributed by atoms with Crippen LogP contribution in [0.15, 0.2) is 34.9 Å². The van der Waals surface area contributed by atoms with Crippen LogP contribution in [0.2, 0.25) is 0 Å². The minimum Gasteiger partial charge on any atom is -0.497 e. The van der Waals surface area contributed by atoms with Gasteiger partial charge >= 0.3 is 0 Å². The van der Waals surface area contributed by atoms with Gasteiger partial charge in [-0.25, -0.2) is 13.4 Å². The van der Waals surface area contributed by atoms with Crippen LogP contribution >= 0.6 is 0 Å². The van der Waals surface area contributed by atoms with Gasteiger partial charge in [0.1, 0.15) is 5.75 Å². The lowest BCUT2D eigenvalue weighted by atomic mass is 10.2. The summed E-state index contributed by atoms with van der Waals surface area (Å²) in [6.07, 6.45) is 2.36. The number of rotatable bonds is 5. The van der Waals surface area contributed by atoms with E-state index in [0.29, 0.717) is 24.6 Å². The summed E-state index contributed by atoms with van der Waals surface area (Å²) in [4.78, 5) is 6.29. The Hall–Kier alpha value is -1.86. The van der Waals surface area contributed by atoms with E-state index in [9.17, 15) is 8.42 Å². The molecule has 0 bridgehead atoms. The third-order valence-electron chi connectivity index (χ3n) is 4.14. The van der Waals surface area contributed by atoms with Gasteiger partial charge in [0.15, 0.2) is 15.6 Å². The van der Waals surface area contributed by atoms with E-state index in [4.69, 9.17) is 9.15 Å². The Morgan fingerprint density at radius 3 is 2.70 bits per heavy atom. The number of hydrogen-bond acceptors (Lipinski definition) is 6. The molecule has 0 spiro atoms. The van der Waals surface area contributed by atoms with Crippen LogP contribution in [0.3, 0.4) is 0 Å². The molecule has 0 unspecified atom stereocenters. The molecule has 0 N–H and O–H groups in total. The van der Waals surface area contributed by atoms with E-state index in [2.05, 4.69) is 4.98 Å². The van der Waals surface area contributed by atoms with Crippen molar-refractivity contribution >= 4 is 9.84 Å². The molecule has 2 heterocycles. The highest BCUT2D eigenvalue weighted by molar-refractivity contribution is 7.91.